The Morgan fingerprint density at radius 2 is 1.69 bits per heavy atom. The zero-order chi connectivity index (χ0) is 17.6. The summed E-state index contributed by atoms with van der Waals surface area (Å²) in [7, 11) is 0. The minimum absolute atomic E-state index is 0.657. The van der Waals surface area contributed by atoms with Crippen molar-refractivity contribution in [1.82, 2.24) is 14.9 Å². The van der Waals surface area contributed by atoms with Gasteiger partial charge in [0.2, 0.25) is 5.88 Å². The third-order valence-corrected chi connectivity index (χ3v) is 4.14. The number of hydrogen-bond acceptors (Lipinski definition) is 5. The lowest BCUT2D eigenvalue weighted by Gasteiger charge is -2.17. The van der Waals surface area contributed by atoms with Crippen molar-refractivity contribution in [3.8, 4) is 11.6 Å². The second kappa shape index (κ2) is 7.80. The number of hydrogen-bond donors (Lipinski definition) is 1. The van der Waals surface area contributed by atoms with Gasteiger partial charge < -0.3 is 10.1 Å². The predicted octanol–water partition coefficient (Wildman–Crippen LogP) is 4.38. The van der Waals surface area contributed by atoms with Crippen molar-refractivity contribution in [2.75, 3.05) is 18.4 Å². The van der Waals surface area contributed by atoms with Crippen molar-refractivity contribution >= 4 is 11.5 Å². The first-order valence-corrected chi connectivity index (χ1v) is 8.64. The van der Waals surface area contributed by atoms with E-state index in [-0.39, 0.29) is 0 Å². The molecule has 0 amide bonds. The van der Waals surface area contributed by atoms with Gasteiger partial charge in [-0.2, -0.15) is 0 Å². The van der Waals surface area contributed by atoms with Crippen LogP contribution in [0.1, 0.15) is 5.56 Å². The van der Waals surface area contributed by atoms with Crippen LogP contribution < -0.4 is 10.1 Å². The molecule has 0 atom stereocenters. The summed E-state index contributed by atoms with van der Waals surface area (Å²) in [5.41, 5.74) is 2.05. The summed E-state index contributed by atoms with van der Waals surface area (Å²) < 4.78 is 6.02. The van der Waals surface area contributed by atoms with Gasteiger partial charge in [-0.15, -0.1) is 0 Å². The zero-order valence-electron chi connectivity index (χ0n) is 14.4. The molecule has 26 heavy (non-hydrogen) atoms. The third kappa shape index (κ3) is 4.07. The number of nitrogens with zero attached hydrogens (tertiary/aromatic N) is 3. The second-order valence-corrected chi connectivity index (χ2v) is 6.10. The average Bonchev–Trinajstić information content (AvgIpc) is 3.19. The van der Waals surface area contributed by atoms with E-state index in [0.29, 0.717) is 5.88 Å². The SMILES string of the molecule is C1=CCN(Cc2cccnc2Oc2ccc(Nc3ccccn3)cc2)C1. The van der Waals surface area contributed by atoms with Crippen LogP contribution in [-0.2, 0) is 6.54 Å². The summed E-state index contributed by atoms with van der Waals surface area (Å²) in [6.45, 7) is 2.78. The Kier molecular flexibility index (Phi) is 4.89. The molecular formula is C21H20N4O. The molecule has 0 aliphatic carbocycles. The highest BCUT2D eigenvalue weighted by Gasteiger charge is 2.12. The maximum absolute atomic E-state index is 6.02. The fraction of sp³-hybridized carbons (Fsp3) is 0.143. The smallest absolute Gasteiger partial charge is 0.223 e. The molecule has 0 fully saturated rings. The first-order chi connectivity index (χ1) is 12.9. The molecule has 0 spiro atoms. The molecule has 1 aromatic carbocycles. The molecule has 1 N–H and O–H groups in total. The largest absolute Gasteiger partial charge is 0.439 e. The number of ether oxygens (including phenoxy) is 1. The van der Waals surface area contributed by atoms with E-state index in [4.69, 9.17) is 4.74 Å². The summed E-state index contributed by atoms with van der Waals surface area (Å²) in [5, 5.41) is 3.26. The quantitative estimate of drug-likeness (QED) is 0.672. The van der Waals surface area contributed by atoms with Gasteiger partial charge >= 0.3 is 0 Å². The summed E-state index contributed by atoms with van der Waals surface area (Å²) >= 11 is 0. The van der Waals surface area contributed by atoms with E-state index >= 15 is 0 Å². The summed E-state index contributed by atoms with van der Waals surface area (Å²) in [6, 6.07) is 17.6. The maximum atomic E-state index is 6.02. The number of rotatable bonds is 6. The number of aromatic nitrogens is 2. The Labute approximate surface area is 153 Å². The molecule has 0 bridgehead atoms. The lowest BCUT2D eigenvalue weighted by molar-refractivity contribution is 0.336. The predicted molar refractivity (Wildman–Crippen MR) is 103 cm³/mol. The molecule has 4 rings (SSSR count). The molecule has 0 radical (unpaired) electrons. The van der Waals surface area contributed by atoms with Crippen LogP contribution in [0.3, 0.4) is 0 Å². The van der Waals surface area contributed by atoms with Gasteiger partial charge in [0.25, 0.3) is 0 Å². The summed E-state index contributed by atoms with van der Waals surface area (Å²) in [6.07, 6.45) is 7.89. The molecule has 0 saturated heterocycles. The van der Waals surface area contributed by atoms with Gasteiger partial charge in [-0.05, 0) is 42.5 Å². The van der Waals surface area contributed by atoms with Crippen molar-refractivity contribution in [2.45, 2.75) is 6.54 Å². The average molecular weight is 344 g/mol. The highest BCUT2D eigenvalue weighted by atomic mass is 16.5. The van der Waals surface area contributed by atoms with Crippen molar-refractivity contribution in [2.24, 2.45) is 0 Å². The van der Waals surface area contributed by atoms with Crippen molar-refractivity contribution < 1.29 is 4.74 Å². The van der Waals surface area contributed by atoms with E-state index in [1.165, 1.54) is 0 Å². The van der Waals surface area contributed by atoms with Crippen molar-refractivity contribution in [3.63, 3.8) is 0 Å². The van der Waals surface area contributed by atoms with Crippen LogP contribution in [0.15, 0.2) is 79.1 Å². The van der Waals surface area contributed by atoms with Gasteiger partial charge in [0.15, 0.2) is 0 Å². The van der Waals surface area contributed by atoms with E-state index in [0.717, 1.165) is 42.5 Å². The summed E-state index contributed by atoms with van der Waals surface area (Å²) in [4.78, 5) is 11.0. The molecule has 130 valence electrons. The Morgan fingerprint density at radius 1 is 0.885 bits per heavy atom. The Morgan fingerprint density at radius 3 is 2.46 bits per heavy atom. The fourth-order valence-corrected chi connectivity index (χ4v) is 2.83. The Bertz CT molecular complexity index is 870. The maximum Gasteiger partial charge on any atom is 0.223 e. The van der Waals surface area contributed by atoms with E-state index in [1.54, 1.807) is 12.4 Å². The molecule has 0 unspecified atom stereocenters. The van der Waals surface area contributed by atoms with Gasteiger partial charge in [0, 0.05) is 43.3 Å². The monoisotopic (exact) mass is 344 g/mol. The molecule has 5 heteroatoms. The zero-order valence-corrected chi connectivity index (χ0v) is 14.4. The van der Waals surface area contributed by atoms with Gasteiger partial charge in [0.05, 0.1) is 0 Å². The van der Waals surface area contributed by atoms with Gasteiger partial charge in [-0.25, -0.2) is 9.97 Å². The number of benzene rings is 1. The van der Waals surface area contributed by atoms with E-state index in [2.05, 4.69) is 38.4 Å². The summed E-state index contributed by atoms with van der Waals surface area (Å²) in [5.74, 6) is 2.23. The van der Waals surface area contributed by atoms with Gasteiger partial charge in [-0.1, -0.05) is 24.3 Å². The Hall–Kier alpha value is -3.18. The van der Waals surface area contributed by atoms with Crippen LogP contribution in [0.25, 0.3) is 0 Å². The first kappa shape index (κ1) is 16.3. The lowest BCUT2D eigenvalue weighted by atomic mass is 10.2. The van der Waals surface area contributed by atoms with Crippen LogP contribution in [0, 0.1) is 0 Å². The van der Waals surface area contributed by atoms with Crippen LogP contribution in [0.5, 0.6) is 11.6 Å². The van der Waals surface area contributed by atoms with Crippen LogP contribution in [0.4, 0.5) is 11.5 Å². The van der Waals surface area contributed by atoms with Crippen LogP contribution in [0.2, 0.25) is 0 Å². The second-order valence-electron chi connectivity index (χ2n) is 6.10. The topological polar surface area (TPSA) is 50.3 Å². The Balaban J connectivity index is 1.44. The van der Waals surface area contributed by atoms with E-state index in [9.17, 15) is 0 Å². The fourth-order valence-electron chi connectivity index (χ4n) is 2.83. The third-order valence-electron chi connectivity index (χ3n) is 4.14. The van der Waals surface area contributed by atoms with E-state index < -0.39 is 0 Å². The van der Waals surface area contributed by atoms with E-state index in [1.807, 2.05) is 48.5 Å². The first-order valence-electron chi connectivity index (χ1n) is 8.64. The standard InChI is InChI=1S/C21H20N4O/c1-2-12-22-20(7-1)24-18-8-10-19(11-9-18)26-21-17(6-5-13-23-21)16-25-14-3-4-15-25/h1-13H,14-16H2,(H,22,24). The number of pyridine rings is 2. The van der Waals surface area contributed by atoms with Crippen LogP contribution in [-0.4, -0.2) is 28.0 Å². The molecule has 0 saturated carbocycles. The molecule has 1 aliphatic rings. The van der Waals surface area contributed by atoms with Crippen molar-refractivity contribution in [3.05, 3.63) is 84.7 Å². The number of anilines is 2. The van der Waals surface area contributed by atoms with Crippen LogP contribution >= 0.6 is 0 Å². The van der Waals surface area contributed by atoms with Crippen molar-refractivity contribution in [1.29, 1.82) is 0 Å². The molecule has 1 aliphatic heterocycles. The molecular weight excluding hydrogens is 324 g/mol. The highest BCUT2D eigenvalue weighted by molar-refractivity contribution is 5.57. The molecule has 3 aromatic rings. The molecule has 2 aromatic heterocycles. The molecule has 5 nitrogen and oxygen atoms in total. The van der Waals surface area contributed by atoms with Gasteiger partial charge in [0.1, 0.15) is 11.6 Å². The highest BCUT2D eigenvalue weighted by Crippen LogP contribution is 2.26. The minimum Gasteiger partial charge on any atom is -0.439 e. The normalized spacial score (nSPS) is 13.7. The minimum atomic E-state index is 0.657. The number of nitrogens with one attached hydrogen (secondary N) is 1. The van der Waals surface area contributed by atoms with Gasteiger partial charge in [-0.3, -0.25) is 4.90 Å². The molecule has 3 heterocycles. The lowest BCUT2D eigenvalue weighted by Crippen LogP contribution is -2.19.